The van der Waals surface area contributed by atoms with Crippen LogP contribution in [-0.4, -0.2) is 24.3 Å². The van der Waals surface area contributed by atoms with Gasteiger partial charge in [0.05, 0.1) is 6.04 Å². The van der Waals surface area contributed by atoms with Gasteiger partial charge in [0.15, 0.2) is 0 Å². The van der Waals surface area contributed by atoms with E-state index in [2.05, 4.69) is 18.0 Å². The fraction of sp³-hybridized carbons (Fsp3) is 0.625. The normalized spacial score (nSPS) is 37.2. The molecule has 0 saturated heterocycles. The second-order valence-electron chi connectivity index (χ2n) is 2.69. The van der Waals surface area contributed by atoms with Crippen molar-refractivity contribution >= 4 is 18.0 Å². The zero-order valence-corrected chi connectivity index (χ0v) is 7.89. The van der Waals surface area contributed by atoms with Crippen molar-refractivity contribution in [1.29, 1.82) is 0 Å². The van der Waals surface area contributed by atoms with E-state index in [4.69, 9.17) is 4.74 Å². The van der Waals surface area contributed by atoms with Crippen molar-refractivity contribution < 1.29 is 4.74 Å². The highest BCUT2D eigenvalue weighted by molar-refractivity contribution is 8.03. The Balaban J connectivity index is 2.73. The van der Waals surface area contributed by atoms with Crippen LogP contribution in [0.3, 0.4) is 0 Å². The number of hydrogen-bond donors (Lipinski definition) is 0. The van der Waals surface area contributed by atoms with Crippen LogP contribution in [0.1, 0.15) is 13.8 Å². The number of aliphatic imine (C=N–C) groups is 1. The fourth-order valence-corrected chi connectivity index (χ4v) is 1.52. The molecule has 1 aliphatic heterocycles. The molecule has 0 spiro atoms. The Labute approximate surface area is 71.7 Å². The average Bonchev–Trinajstić information content (AvgIpc) is 2.15. The molecule has 1 heterocycles. The molecule has 2 nitrogen and oxygen atoms in total. The second-order valence-corrected chi connectivity index (χ2v) is 4.00. The molecule has 62 valence electrons. The van der Waals surface area contributed by atoms with Gasteiger partial charge in [-0.05, 0) is 19.3 Å². The van der Waals surface area contributed by atoms with E-state index >= 15 is 0 Å². The highest BCUT2D eigenvalue weighted by atomic mass is 32.2. The van der Waals surface area contributed by atoms with E-state index in [9.17, 15) is 0 Å². The molecule has 1 aliphatic rings. The third-order valence-corrected chi connectivity index (χ3v) is 2.64. The number of rotatable bonds is 1. The van der Waals surface area contributed by atoms with Crippen molar-refractivity contribution in [2.24, 2.45) is 4.99 Å². The summed E-state index contributed by atoms with van der Waals surface area (Å²) >= 11 is 1.64. The minimum Gasteiger partial charge on any atom is -0.362 e. The highest BCUT2D eigenvalue weighted by Gasteiger charge is 2.21. The van der Waals surface area contributed by atoms with Gasteiger partial charge >= 0.3 is 0 Å². The summed E-state index contributed by atoms with van der Waals surface area (Å²) in [5.41, 5.74) is 0. The van der Waals surface area contributed by atoms with Crippen LogP contribution < -0.4 is 0 Å². The third-order valence-electron chi connectivity index (χ3n) is 1.61. The van der Waals surface area contributed by atoms with Crippen LogP contribution in [0.15, 0.2) is 16.5 Å². The van der Waals surface area contributed by atoms with Crippen molar-refractivity contribution in [1.82, 2.24) is 0 Å². The standard InChI is InChI=1S/C8H13NOS/c1-7-4-5-11-8(2,10-3)6-9-7/h4-7H,1-3H3. The van der Waals surface area contributed by atoms with Gasteiger partial charge < -0.3 is 4.74 Å². The lowest BCUT2D eigenvalue weighted by Gasteiger charge is -2.19. The molecule has 3 heteroatoms. The quantitative estimate of drug-likeness (QED) is 0.602. The lowest BCUT2D eigenvalue weighted by atomic mass is 10.3. The molecule has 0 aliphatic carbocycles. The lowest BCUT2D eigenvalue weighted by molar-refractivity contribution is 0.147. The summed E-state index contributed by atoms with van der Waals surface area (Å²) in [5, 5.41) is 2.04. The van der Waals surface area contributed by atoms with Gasteiger partial charge in [0.1, 0.15) is 4.93 Å². The SMILES string of the molecule is COC1(C)C=NC(C)C=CS1. The summed E-state index contributed by atoms with van der Waals surface area (Å²) in [4.78, 5) is 4.01. The largest absolute Gasteiger partial charge is 0.362 e. The number of methoxy groups -OCH3 is 1. The highest BCUT2D eigenvalue weighted by Crippen LogP contribution is 2.27. The van der Waals surface area contributed by atoms with E-state index in [0.717, 1.165) is 0 Å². The van der Waals surface area contributed by atoms with Crippen molar-refractivity contribution in [3.8, 4) is 0 Å². The van der Waals surface area contributed by atoms with E-state index in [1.807, 2.05) is 18.5 Å². The van der Waals surface area contributed by atoms with Crippen LogP contribution in [-0.2, 0) is 4.74 Å². The molecule has 11 heavy (non-hydrogen) atoms. The zero-order chi connectivity index (χ0) is 8.32. The van der Waals surface area contributed by atoms with E-state index in [1.165, 1.54) is 0 Å². The average molecular weight is 171 g/mol. The van der Waals surface area contributed by atoms with Crippen molar-refractivity contribution in [3.05, 3.63) is 11.5 Å². The monoisotopic (exact) mass is 171 g/mol. The van der Waals surface area contributed by atoms with Crippen molar-refractivity contribution in [2.45, 2.75) is 24.8 Å². The van der Waals surface area contributed by atoms with E-state index in [0.29, 0.717) is 0 Å². The van der Waals surface area contributed by atoms with Crippen LogP contribution in [0.2, 0.25) is 0 Å². The smallest absolute Gasteiger partial charge is 0.149 e. The first-order valence-corrected chi connectivity index (χ1v) is 4.48. The minimum atomic E-state index is -0.277. The summed E-state index contributed by atoms with van der Waals surface area (Å²) in [7, 11) is 1.70. The molecule has 0 amide bonds. The third kappa shape index (κ3) is 2.34. The maximum Gasteiger partial charge on any atom is 0.149 e. The summed E-state index contributed by atoms with van der Waals surface area (Å²) < 4.78 is 5.27. The molecule has 0 aromatic rings. The zero-order valence-electron chi connectivity index (χ0n) is 7.07. The summed E-state index contributed by atoms with van der Waals surface area (Å²) in [6.45, 7) is 4.05. The second kappa shape index (κ2) is 3.41. The lowest BCUT2D eigenvalue weighted by Crippen LogP contribution is -2.23. The Morgan fingerprint density at radius 3 is 3.00 bits per heavy atom. The molecule has 0 N–H and O–H groups in total. The molecule has 1 rings (SSSR count). The Kier molecular flexibility index (Phi) is 2.73. The van der Waals surface area contributed by atoms with Gasteiger partial charge in [0.25, 0.3) is 0 Å². The summed E-state index contributed by atoms with van der Waals surface area (Å²) in [6, 6.07) is 0.277. The predicted octanol–water partition coefficient (Wildman–Crippen LogP) is 2.07. The van der Waals surface area contributed by atoms with E-state index in [1.54, 1.807) is 18.9 Å². The number of nitrogens with zero attached hydrogens (tertiary/aromatic N) is 1. The van der Waals surface area contributed by atoms with Gasteiger partial charge in [0, 0.05) is 13.3 Å². The van der Waals surface area contributed by atoms with Crippen LogP contribution in [0.4, 0.5) is 0 Å². The van der Waals surface area contributed by atoms with Gasteiger partial charge in [-0.3, -0.25) is 4.99 Å². The van der Waals surface area contributed by atoms with E-state index < -0.39 is 0 Å². The first-order valence-electron chi connectivity index (χ1n) is 3.60. The van der Waals surface area contributed by atoms with Crippen LogP contribution in [0.5, 0.6) is 0 Å². The first kappa shape index (κ1) is 8.81. The van der Waals surface area contributed by atoms with Crippen molar-refractivity contribution in [3.63, 3.8) is 0 Å². The van der Waals surface area contributed by atoms with E-state index in [-0.39, 0.29) is 11.0 Å². The Bertz CT molecular complexity index is 191. The van der Waals surface area contributed by atoms with Gasteiger partial charge in [-0.1, -0.05) is 17.8 Å². The predicted molar refractivity (Wildman–Crippen MR) is 50.1 cm³/mol. The Morgan fingerprint density at radius 1 is 1.64 bits per heavy atom. The molecule has 0 aromatic carbocycles. The Hall–Kier alpha value is -0.280. The molecular formula is C8H13NOS. The number of thioether (sulfide) groups is 1. The molecule has 0 saturated carbocycles. The Morgan fingerprint density at radius 2 is 2.36 bits per heavy atom. The van der Waals surface area contributed by atoms with Gasteiger partial charge in [0.2, 0.25) is 0 Å². The number of ether oxygens (including phenoxy) is 1. The van der Waals surface area contributed by atoms with Gasteiger partial charge in [-0.25, -0.2) is 0 Å². The first-order chi connectivity index (χ1) is 5.16. The minimum absolute atomic E-state index is 0.277. The van der Waals surface area contributed by atoms with Crippen LogP contribution in [0, 0.1) is 0 Å². The van der Waals surface area contributed by atoms with Crippen LogP contribution >= 0.6 is 11.8 Å². The molecule has 2 atom stereocenters. The molecule has 0 fully saturated rings. The summed E-state index contributed by atoms with van der Waals surface area (Å²) in [6.07, 6.45) is 3.92. The summed E-state index contributed by atoms with van der Waals surface area (Å²) in [5.74, 6) is 0. The van der Waals surface area contributed by atoms with Crippen LogP contribution in [0.25, 0.3) is 0 Å². The van der Waals surface area contributed by atoms with Gasteiger partial charge in [-0.15, -0.1) is 0 Å². The topological polar surface area (TPSA) is 21.6 Å². The maximum absolute atomic E-state index is 5.27. The molecule has 2 unspecified atom stereocenters. The fourth-order valence-electron chi connectivity index (χ4n) is 0.722. The molecular weight excluding hydrogens is 158 g/mol. The molecule has 0 aromatic heterocycles. The van der Waals surface area contributed by atoms with Gasteiger partial charge in [-0.2, -0.15) is 0 Å². The molecule has 0 bridgehead atoms. The van der Waals surface area contributed by atoms with Crippen molar-refractivity contribution in [2.75, 3.05) is 7.11 Å². The maximum atomic E-state index is 5.27. The molecule has 0 radical (unpaired) electrons. The number of hydrogen-bond acceptors (Lipinski definition) is 3.